The van der Waals surface area contributed by atoms with Crippen LogP contribution in [-0.4, -0.2) is 18.6 Å². The van der Waals surface area contributed by atoms with E-state index in [-0.39, 0.29) is 5.91 Å². The third-order valence-corrected chi connectivity index (χ3v) is 2.90. The van der Waals surface area contributed by atoms with E-state index in [0.717, 1.165) is 5.56 Å². The van der Waals surface area contributed by atoms with Crippen molar-refractivity contribution in [3.63, 3.8) is 0 Å². The standard InChI is InChI=1S/C13H19NO2/c1-4-13(2,16-3)12(15)14-10-11-8-6-5-7-9-11/h5-9H,4,10H2,1-3H3,(H,14,15). The van der Waals surface area contributed by atoms with Crippen molar-refractivity contribution in [1.82, 2.24) is 5.32 Å². The van der Waals surface area contributed by atoms with Crippen molar-refractivity contribution >= 4 is 5.91 Å². The van der Waals surface area contributed by atoms with Gasteiger partial charge in [0.05, 0.1) is 0 Å². The molecule has 88 valence electrons. The predicted molar refractivity (Wildman–Crippen MR) is 64.0 cm³/mol. The van der Waals surface area contributed by atoms with Crippen LogP contribution in [0.2, 0.25) is 0 Å². The molecule has 1 amide bonds. The Hall–Kier alpha value is -1.35. The van der Waals surface area contributed by atoms with Crippen molar-refractivity contribution < 1.29 is 9.53 Å². The van der Waals surface area contributed by atoms with E-state index in [9.17, 15) is 4.79 Å². The second-order valence-electron chi connectivity index (χ2n) is 3.96. The van der Waals surface area contributed by atoms with E-state index >= 15 is 0 Å². The molecule has 1 aromatic carbocycles. The summed E-state index contributed by atoms with van der Waals surface area (Å²) >= 11 is 0. The van der Waals surface area contributed by atoms with Crippen LogP contribution in [0.1, 0.15) is 25.8 Å². The van der Waals surface area contributed by atoms with Gasteiger partial charge in [-0.25, -0.2) is 0 Å². The Kier molecular flexibility index (Phi) is 4.50. The maximum Gasteiger partial charge on any atom is 0.252 e. The average molecular weight is 221 g/mol. The average Bonchev–Trinajstić information content (AvgIpc) is 2.36. The molecule has 1 aromatic rings. The van der Waals surface area contributed by atoms with Gasteiger partial charge in [0.25, 0.3) is 5.91 Å². The van der Waals surface area contributed by atoms with Crippen LogP contribution in [0.25, 0.3) is 0 Å². The van der Waals surface area contributed by atoms with Crippen molar-refractivity contribution in [2.75, 3.05) is 7.11 Å². The first-order chi connectivity index (χ1) is 7.62. The SMILES string of the molecule is CCC(C)(OC)C(=O)NCc1ccccc1. The molecule has 1 unspecified atom stereocenters. The van der Waals surface area contributed by atoms with E-state index in [4.69, 9.17) is 4.74 Å². The van der Waals surface area contributed by atoms with Gasteiger partial charge >= 0.3 is 0 Å². The van der Waals surface area contributed by atoms with Gasteiger partial charge in [0, 0.05) is 13.7 Å². The highest BCUT2D eigenvalue weighted by molar-refractivity contribution is 5.84. The number of benzene rings is 1. The predicted octanol–water partition coefficient (Wildman–Crippen LogP) is 2.12. The highest BCUT2D eigenvalue weighted by atomic mass is 16.5. The van der Waals surface area contributed by atoms with Gasteiger partial charge in [0.1, 0.15) is 5.60 Å². The zero-order chi connectivity index (χ0) is 12.0. The normalized spacial score (nSPS) is 14.2. The fraction of sp³-hybridized carbons (Fsp3) is 0.462. The van der Waals surface area contributed by atoms with E-state index in [1.807, 2.05) is 37.3 Å². The number of carbonyl (C=O) groups is 1. The van der Waals surface area contributed by atoms with E-state index in [2.05, 4.69) is 5.32 Å². The topological polar surface area (TPSA) is 38.3 Å². The summed E-state index contributed by atoms with van der Waals surface area (Å²) in [4.78, 5) is 11.9. The highest BCUT2D eigenvalue weighted by Crippen LogP contribution is 2.14. The molecule has 0 aromatic heterocycles. The summed E-state index contributed by atoms with van der Waals surface area (Å²) in [6, 6.07) is 9.83. The number of methoxy groups -OCH3 is 1. The van der Waals surface area contributed by atoms with Crippen molar-refractivity contribution in [3.05, 3.63) is 35.9 Å². The molecule has 0 saturated carbocycles. The molecular weight excluding hydrogens is 202 g/mol. The molecule has 0 bridgehead atoms. The quantitative estimate of drug-likeness (QED) is 0.827. The van der Waals surface area contributed by atoms with Crippen LogP contribution in [0.3, 0.4) is 0 Å². The molecule has 0 saturated heterocycles. The minimum absolute atomic E-state index is 0.0682. The summed E-state index contributed by atoms with van der Waals surface area (Å²) < 4.78 is 5.23. The van der Waals surface area contributed by atoms with Crippen LogP contribution in [-0.2, 0) is 16.1 Å². The molecule has 0 aliphatic rings. The molecule has 0 spiro atoms. The summed E-state index contributed by atoms with van der Waals surface area (Å²) in [5.74, 6) is -0.0682. The van der Waals surface area contributed by atoms with Gasteiger partial charge in [-0.05, 0) is 18.9 Å². The fourth-order valence-corrected chi connectivity index (χ4v) is 1.36. The lowest BCUT2D eigenvalue weighted by Crippen LogP contribution is -2.45. The molecule has 0 aliphatic carbocycles. The molecular formula is C13H19NO2. The van der Waals surface area contributed by atoms with Crippen LogP contribution in [0, 0.1) is 0 Å². The van der Waals surface area contributed by atoms with Crippen molar-refractivity contribution in [2.45, 2.75) is 32.4 Å². The molecule has 1 N–H and O–H groups in total. The van der Waals surface area contributed by atoms with Gasteiger partial charge < -0.3 is 10.1 Å². The molecule has 1 rings (SSSR count). The van der Waals surface area contributed by atoms with Gasteiger partial charge in [-0.2, -0.15) is 0 Å². The monoisotopic (exact) mass is 221 g/mol. The van der Waals surface area contributed by atoms with Crippen LogP contribution >= 0.6 is 0 Å². The third-order valence-electron chi connectivity index (χ3n) is 2.90. The van der Waals surface area contributed by atoms with Gasteiger partial charge in [0.2, 0.25) is 0 Å². The third kappa shape index (κ3) is 3.07. The summed E-state index contributed by atoms with van der Waals surface area (Å²) in [5, 5.41) is 2.88. The van der Waals surface area contributed by atoms with E-state index in [1.54, 1.807) is 14.0 Å². The smallest absolute Gasteiger partial charge is 0.252 e. The fourth-order valence-electron chi connectivity index (χ4n) is 1.36. The van der Waals surface area contributed by atoms with Crippen LogP contribution < -0.4 is 5.32 Å². The lowest BCUT2D eigenvalue weighted by atomic mass is 10.0. The van der Waals surface area contributed by atoms with E-state index < -0.39 is 5.60 Å². The summed E-state index contributed by atoms with van der Waals surface area (Å²) in [5.41, 5.74) is 0.361. The number of rotatable bonds is 5. The second kappa shape index (κ2) is 5.66. The minimum Gasteiger partial charge on any atom is -0.369 e. The second-order valence-corrected chi connectivity index (χ2v) is 3.96. The Morgan fingerprint density at radius 3 is 2.50 bits per heavy atom. The Balaban J connectivity index is 2.53. The van der Waals surface area contributed by atoms with Crippen LogP contribution in [0.5, 0.6) is 0 Å². The van der Waals surface area contributed by atoms with Crippen molar-refractivity contribution in [1.29, 1.82) is 0 Å². The van der Waals surface area contributed by atoms with Crippen LogP contribution in [0.4, 0.5) is 0 Å². The maximum absolute atomic E-state index is 11.9. The molecule has 1 atom stereocenters. The largest absolute Gasteiger partial charge is 0.369 e. The minimum atomic E-state index is -0.727. The molecule has 16 heavy (non-hydrogen) atoms. The van der Waals surface area contributed by atoms with E-state index in [0.29, 0.717) is 13.0 Å². The Morgan fingerprint density at radius 1 is 1.38 bits per heavy atom. The molecule has 0 aliphatic heterocycles. The van der Waals surface area contributed by atoms with E-state index in [1.165, 1.54) is 0 Å². The zero-order valence-electron chi connectivity index (χ0n) is 10.1. The molecule has 3 nitrogen and oxygen atoms in total. The molecule has 0 heterocycles. The Labute approximate surface area is 96.8 Å². The Morgan fingerprint density at radius 2 is 2.00 bits per heavy atom. The van der Waals surface area contributed by atoms with Crippen molar-refractivity contribution in [3.8, 4) is 0 Å². The number of hydrogen-bond acceptors (Lipinski definition) is 2. The lowest BCUT2D eigenvalue weighted by Gasteiger charge is -2.25. The van der Waals surface area contributed by atoms with Gasteiger partial charge in [-0.15, -0.1) is 0 Å². The van der Waals surface area contributed by atoms with Gasteiger partial charge in [-0.1, -0.05) is 37.3 Å². The number of hydrogen-bond donors (Lipinski definition) is 1. The van der Waals surface area contributed by atoms with Crippen molar-refractivity contribution in [2.24, 2.45) is 0 Å². The number of carbonyl (C=O) groups excluding carboxylic acids is 1. The first kappa shape index (κ1) is 12.7. The van der Waals surface area contributed by atoms with Gasteiger partial charge in [0.15, 0.2) is 0 Å². The first-order valence-corrected chi connectivity index (χ1v) is 5.49. The summed E-state index contributed by atoms with van der Waals surface area (Å²) in [7, 11) is 1.56. The summed E-state index contributed by atoms with van der Waals surface area (Å²) in [6.45, 7) is 4.28. The lowest BCUT2D eigenvalue weighted by molar-refractivity contribution is -0.142. The molecule has 0 radical (unpaired) electrons. The van der Waals surface area contributed by atoms with Gasteiger partial charge in [-0.3, -0.25) is 4.79 Å². The number of nitrogens with one attached hydrogen (secondary N) is 1. The number of ether oxygens (including phenoxy) is 1. The molecule has 0 fully saturated rings. The van der Waals surface area contributed by atoms with Crippen LogP contribution in [0.15, 0.2) is 30.3 Å². The first-order valence-electron chi connectivity index (χ1n) is 5.49. The summed E-state index contributed by atoms with van der Waals surface area (Å²) in [6.07, 6.45) is 0.657. The zero-order valence-corrected chi connectivity index (χ0v) is 10.1. The maximum atomic E-state index is 11.9. The Bertz CT molecular complexity index is 331. The molecule has 3 heteroatoms. The highest BCUT2D eigenvalue weighted by Gasteiger charge is 2.30. The number of amides is 1.